The van der Waals surface area contributed by atoms with Gasteiger partial charge in [-0.05, 0) is 18.4 Å². The van der Waals surface area contributed by atoms with Gasteiger partial charge in [0.05, 0.1) is 19.3 Å². The summed E-state index contributed by atoms with van der Waals surface area (Å²) in [4.78, 5) is 13.5. The van der Waals surface area contributed by atoms with Gasteiger partial charge in [-0.2, -0.15) is 0 Å². The number of isocyanates is 1. The zero-order chi connectivity index (χ0) is 10.6. The highest BCUT2D eigenvalue weighted by Gasteiger charge is 2.33. The standard InChI is InChI=1S/C7H10Cl3NO2Si/c8-14(9,10)4-6(2-11-5-12)1-7-3-13-7/h6-7H,1-4H2. The highest BCUT2D eigenvalue weighted by atomic mass is 35.8. The zero-order valence-corrected chi connectivity index (χ0v) is 10.6. The molecule has 0 aromatic rings. The van der Waals surface area contributed by atoms with Crippen molar-refractivity contribution in [3.05, 3.63) is 0 Å². The Kier molecular flexibility index (Phi) is 4.90. The van der Waals surface area contributed by atoms with Crippen LogP contribution in [0.4, 0.5) is 0 Å². The van der Waals surface area contributed by atoms with Crippen molar-refractivity contribution in [3.63, 3.8) is 0 Å². The van der Waals surface area contributed by atoms with Crippen LogP contribution in [0.1, 0.15) is 6.42 Å². The molecular formula is C7H10Cl3NO2Si. The maximum absolute atomic E-state index is 9.97. The number of rotatable bonds is 6. The van der Waals surface area contributed by atoms with Gasteiger partial charge in [0, 0.05) is 0 Å². The predicted octanol–water partition coefficient (Wildman–Crippen LogP) is 2.38. The van der Waals surface area contributed by atoms with E-state index in [2.05, 4.69) is 4.99 Å². The molecule has 1 saturated heterocycles. The molecule has 1 fully saturated rings. The first-order valence-corrected chi connectivity index (χ1v) is 9.47. The van der Waals surface area contributed by atoms with Crippen molar-refractivity contribution in [3.8, 4) is 0 Å². The van der Waals surface area contributed by atoms with Crippen molar-refractivity contribution < 1.29 is 9.53 Å². The van der Waals surface area contributed by atoms with E-state index in [4.69, 9.17) is 38.0 Å². The minimum Gasteiger partial charge on any atom is -0.373 e. The second kappa shape index (κ2) is 5.49. The van der Waals surface area contributed by atoms with Crippen LogP contribution in [-0.4, -0.2) is 31.3 Å². The Morgan fingerprint density at radius 1 is 1.57 bits per heavy atom. The summed E-state index contributed by atoms with van der Waals surface area (Å²) in [6, 6.07) is -2.12. The summed E-state index contributed by atoms with van der Waals surface area (Å²) in [5.74, 6) is 0.128. The molecule has 0 aromatic carbocycles. The summed E-state index contributed by atoms with van der Waals surface area (Å²) >= 11 is 17.4. The van der Waals surface area contributed by atoms with E-state index in [-0.39, 0.29) is 12.0 Å². The number of halogens is 3. The van der Waals surface area contributed by atoms with Crippen LogP contribution in [0.3, 0.4) is 0 Å². The summed E-state index contributed by atoms with van der Waals surface area (Å²) in [6.07, 6.45) is 2.58. The molecular weight excluding hydrogens is 265 g/mol. The number of ether oxygens (including phenoxy) is 1. The second-order valence-electron chi connectivity index (χ2n) is 3.31. The Bertz CT molecular complexity index is 236. The molecule has 1 rings (SSSR count). The van der Waals surface area contributed by atoms with E-state index < -0.39 is 6.00 Å². The van der Waals surface area contributed by atoms with Crippen LogP contribution >= 0.6 is 33.2 Å². The first kappa shape index (κ1) is 12.5. The molecule has 0 saturated carbocycles. The molecule has 1 aliphatic rings. The van der Waals surface area contributed by atoms with Gasteiger partial charge in [-0.1, -0.05) is 0 Å². The summed E-state index contributed by atoms with van der Waals surface area (Å²) < 4.78 is 5.08. The quantitative estimate of drug-likeness (QED) is 0.245. The number of nitrogens with zero attached hydrogens (tertiary/aromatic N) is 1. The van der Waals surface area contributed by atoms with Gasteiger partial charge in [0.15, 0.2) is 0 Å². The van der Waals surface area contributed by atoms with Gasteiger partial charge in [0.1, 0.15) is 0 Å². The van der Waals surface area contributed by atoms with Crippen LogP contribution in [0, 0.1) is 5.92 Å². The number of aliphatic imine (C=N–C) groups is 1. The van der Waals surface area contributed by atoms with E-state index in [0.29, 0.717) is 12.6 Å². The molecule has 2 atom stereocenters. The molecule has 7 heteroatoms. The monoisotopic (exact) mass is 273 g/mol. The van der Waals surface area contributed by atoms with Crippen molar-refractivity contribution in [1.29, 1.82) is 0 Å². The third-order valence-electron chi connectivity index (χ3n) is 1.93. The zero-order valence-electron chi connectivity index (χ0n) is 7.38. The Morgan fingerprint density at radius 2 is 2.21 bits per heavy atom. The SMILES string of the molecule is O=C=NCC(CC1CO1)C[Si](Cl)(Cl)Cl. The van der Waals surface area contributed by atoms with Gasteiger partial charge in [0.2, 0.25) is 6.08 Å². The maximum atomic E-state index is 9.97. The van der Waals surface area contributed by atoms with Crippen LogP contribution in [0.25, 0.3) is 0 Å². The molecule has 1 heterocycles. The first-order valence-electron chi connectivity index (χ1n) is 4.23. The largest absolute Gasteiger partial charge is 0.373 e. The lowest BCUT2D eigenvalue weighted by molar-refractivity contribution is 0.364. The van der Waals surface area contributed by atoms with Crippen LogP contribution in [0.2, 0.25) is 6.04 Å². The first-order chi connectivity index (χ1) is 6.51. The lowest BCUT2D eigenvalue weighted by atomic mass is 10.1. The van der Waals surface area contributed by atoms with Crippen molar-refractivity contribution >= 4 is 45.3 Å². The topological polar surface area (TPSA) is 42.0 Å². The van der Waals surface area contributed by atoms with E-state index in [0.717, 1.165) is 13.0 Å². The van der Waals surface area contributed by atoms with Crippen molar-refractivity contribution in [1.82, 2.24) is 0 Å². The van der Waals surface area contributed by atoms with Crippen LogP contribution in [0.15, 0.2) is 4.99 Å². The van der Waals surface area contributed by atoms with Gasteiger partial charge >= 0.3 is 6.00 Å². The highest BCUT2D eigenvalue weighted by Crippen LogP contribution is 2.33. The average Bonchev–Trinajstić information content (AvgIpc) is 2.81. The molecule has 0 bridgehead atoms. The lowest BCUT2D eigenvalue weighted by Crippen LogP contribution is -2.19. The molecule has 0 amide bonds. The normalized spacial score (nSPS) is 22.6. The molecule has 2 unspecified atom stereocenters. The van der Waals surface area contributed by atoms with Crippen molar-refractivity contribution in [2.24, 2.45) is 10.9 Å². The van der Waals surface area contributed by atoms with Crippen molar-refractivity contribution in [2.75, 3.05) is 13.2 Å². The highest BCUT2D eigenvalue weighted by molar-refractivity contribution is 7.64. The smallest absolute Gasteiger partial charge is 0.341 e. The maximum Gasteiger partial charge on any atom is 0.341 e. The summed E-state index contributed by atoms with van der Waals surface area (Å²) in [6.45, 7) is 1.15. The predicted molar refractivity (Wildman–Crippen MR) is 59.0 cm³/mol. The van der Waals surface area contributed by atoms with Gasteiger partial charge < -0.3 is 4.74 Å². The number of hydrogen-bond acceptors (Lipinski definition) is 3. The fourth-order valence-electron chi connectivity index (χ4n) is 1.29. The summed E-state index contributed by atoms with van der Waals surface area (Å²) in [5.41, 5.74) is 0. The lowest BCUT2D eigenvalue weighted by Gasteiger charge is -2.16. The summed E-state index contributed by atoms with van der Waals surface area (Å²) in [7, 11) is 0. The van der Waals surface area contributed by atoms with Crippen LogP contribution < -0.4 is 0 Å². The molecule has 80 valence electrons. The summed E-state index contributed by atoms with van der Waals surface area (Å²) in [5, 5.41) is 0. The van der Waals surface area contributed by atoms with E-state index in [1.807, 2.05) is 0 Å². The van der Waals surface area contributed by atoms with Crippen molar-refractivity contribution in [2.45, 2.75) is 18.6 Å². The number of hydrogen-bond donors (Lipinski definition) is 0. The second-order valence-corrected chi connectivity index (χ2v) is 12.5. The molecule has 14 heavy (non-hydrogen) atoms. The van der Waals surface area contributed by atoms with Crippen LogP contribution in [0.5, 0.6) is 0 Å². The van der Waals surface area contributed by atoms with Crippen LogP contribution in [-0.2, 0) is 9.53 Å². The van der Waals surface area contributed by atoms with Gasteiger partial charge in [0.25, 0.3) is 0 Å². The fourth-order valence-corrected chi connectivity index (χ4v) is 4.21. The average molecular weight is 275 g/mol. The molecule has 3 nitrogen and oxygen atoms in total. The Morgan fingerprint density at radius 3 is 2.64 bits per heavy atom. The number of carbonyl (C=O) groups excluding carboxylic acids is 1. The molecule has 0 N–H and O–H groups in total. The third-order valence-corrected chi connectivity index (χ3v) is 4.36. The van der Waals surface area contributed by atoms with E-state index in [1.54, 1.807) is 0 Å². The minimum atomic E-state index is -2.64. The molecule has 0 aliphatic carbocycles. The van der Waals surface area contributed by atoms with Gasteiger partial charge in [-0.3, -0.25) is 0 Å². The van der Waals surface area contributed by atoms with Gasteiger partial charge in [-0.15, -0.1) is 33.2 Å². The molecule has 0 spiro atoms. The van der Waals surface area contributed by atoms with Gasteiger partial charge in [-0.25, -0.2) is 9.79 Å². The Balaban J connectivity index is 2.37. The molecule has 1 aliphatic heterocycles. The molecule has 0 aromatic heterocycles. The van der Waals surface area contributed by atoms with E-state index >= 15 is 0 Å². The minimum absolute atomic E-state index is 0.128. The fraction of sp³-hybridized carbons (Fsp3) is 0.857. The Labute approximate surface area is 97.5 Å². The Hall–Kier alpha value is 0.427. The molecule has 0 radical (unpaired) electrons. The van der Waals surface area contributed by atoms with E-state index in [9.17, 15) is 4.79 Å². The number of epoxide rings is 1. The third kappa shape index (κ3) is 6.01. The van der Waals surface area contributed by atoms with E-state index in [1.165, 1.54) is 6.08 Å².